The molecule has 3 aromatic rings. The predicted octanol–water partition coefficient (Wildman–Crippen LogP) is 4.02. The summed E-state index contributed by atoms with van der Waals surface area (Å²) >= 11 is 1.75. The monoisotopic (exact) mass is 287 g/mol. The van der Waals surface area contributed by atoms with E-state index in [9.17, 15) is 0 Å². The lowest BCUT2D eigenvalue weighted by molar-refractivity contribution is 0.518. The second kappa shape index (κ2) is 5.63. The van der Waals surface area contributed by atoms with E-state index in [0.717, 1.165) is 40.5 Å². The molecule has 0 aliphatic rings. The fraction of sp³-hybridized carbons (Fsp3) is 0.333. The lowest BCUT2D eigenvalue weighted by Crippen LogP contribution is -2.03. The van der Waals surface area contributed by atoms with Crippen LogP contribution in [0.2, 0.25) is 0 Å². The molecule has 0 bridgehead atoms. The summed E-state index contributed by atoms with van der Waals surface area (Å²) in [6.07, 6.45) is 3.55. The fourth-order valence-corrected chi connectivity index (χ4v) is 3.05. The van der Waals surface area contributed by atoms with Crippen LogP contribution in [0, 0.1) is 0 Å². The molecule has 0 amide bonds. The zero-order chi connectivity index (χ0) is 13.9. The van der Waals surface area contributed by atoms with E-state index in [1.165, 1.54) is 4.88 Å². The van der Waals surface area contributed by atoms with Crippen LogP contribution < -0.4 is 5.32 Å². The number of hydrogen-bond acceptors (Lipinski definition) is 5. The zero-order valence-electron chi connectivity index (χ0n) is 11.6. The molecule has 0 fully saturated rings. The summed E-state index contributed by atoms with van der Waals surface area (Å²) in [5, 5.41) is 4.47. The lowest BCUT2D eigenvalue weighted by Gasteiger charge is -2.06. The standard InChI is InChI=1S/C15H17N3OS/c1-3-11-8-12-14(16-9-10-6-5-7-19-10)17-13(4-2)18-15(12)20-11/h5-8H,3-4,9H2,1-2H3,(H,16,17,18). The maximum absolute atomic E-state index is 5.35. The van der Waals surface area contributed by atoms with Crippen molar-refractivity contribution in [1.29, 1.82) is 0 Å². The molecule has 20 heavy (non-hydrogen) atoms. The van der Waals surface area contributed by atoms with Crippen LogP contribution in [0.25, 0.3) is 10.2 Å². The minimum Gasteiger partial charge on any atom is -0.467 e. The maximum atomic E-state index is 5.35. The second-order valence-corrected chi connectivity index (χ2v) is 5.68. The second-order valence-electron chi connectivity index (χ2n) is 4.56. The van der Waals surface area contributed by atoms with Gasteiger partial charge in [-0.2, -0.15) is 0 Å². The van der Waals surface area contributed by atoms with E-state index in [4.69, 9.17) is 4.42 Å². The van der Waals surface area contributed by atoms with Crippen LogP contribution in [0.3, 0.4) is 0 Å². The largest absolute Gasteiger partial charge is 0.467 e. The van der Waals surface area contributed by atoms with E-state index >= 15 is 0 Å². The topological polar surface area (TPSA) is 51.0 Å². The number of furan rings is 1. The number of hydrogen-bond donors (Lipinski definition) is 1. The van der Waals surface area contributed by atoms with Crippen molar-refractivity contribution in [3.63, 3.8) is 0 Å². The first-order valence-corrected chi connectivity index (χ1v) is 7.67. The van der Waals surface area contributed by atoms with Crippen LogP contribution in [0.5, 0.6) is 0 Å². The van der Waals surface area contributed by atoms with Gasteiger partial charge in [0.1, 0.15) is 22.2 Å². The van der Waals surface area contributed by atoms with Gasteiger partial charge in [-0.3, -0.25) is 0 Å². The highest BCUT2D eigenvalue weighted by Crippen LogP contribution is 2.29. The van der Waals surface area contributed by atoms with Gasteiger partial charge in [0.05, 0.1) is 18.2 Å². The lowest BCUT2D eigenvalue weighted by atomic mass is 10.3. The van der Waals surface area contributed by atoms with E-state index in [-0.39, 0.29) is 0 Å². The van der Waals surface area contributed by atoms with Crippen molar-refractivity contribution in [2.24, 2.45) is 0 Å². The van der Waals surface area contributed by atoms with Crippen LogP contribution in [0.15, 0.2) is 28.9 Å². The number of thiophene rings is 1. The molecule has 5 heteroatoms. The molecule has 3 aromatic heterocycles. The average Bonchev–Trinajstić information content (AvgIpc) is 3.12. The summed E-state index contributed by atoms with van der Waals surface area (Å²) in [5.41, 5.74) is 0. The van der Waals surface area contributed by atoms with Gasteiger partial charge in [-0.15, -0.1) is 11.3 Å². The fourth-order valence-electron chi connectivity index (χ4n) is 2.07. The number of aromatic nitrogens is 2. The number of anilines is 1. The molecular weight excluding hydrogens is 270 g/mol. The summed E-state index contributed by atoms with van der Waals surface area (Å²) in [5.74, 6) is 2.68. The first-order chi connectivity index (χ1) is 9.80. The molecule has 4 nitrogen and oxygen atoms in total. The van der Waals surface area contributed by atoms with Crippen molar-refractivity contribution in [3.05, 3.63) is 40.9 Å². The summed E-state index contributed by atoms with van der Waals surface area (Å²) < 4.78 is 5.35. The Labute approximate surface area is 121 Å². The van der Waals surface area contributed by atoms with E-state index < -0.39 is 0 Å². The van der Waals surface area contributed by atoms with Crippen LogP contribution >= 0.6 is 11.3 Å². The van der Waals surface area contributed by atoms with Gasteiger partial charge in [0.25, 0.3) is 0 Å². The van der Waals surface area contributed by atoms with Gasteiger partial charge in [0, 0.05) is 11.3 Å². The third-order valence-electron chi connectivity index (χ3n) is 3.16. The predicted molar refractivity (Wildman–Crippen MR) is 82.2 cm³/mol. The third-order valence-corrected chi connectivity index (χ3v) is 4.34. The van der Waals surface area contributed by atoms with Crippen molar-refractivity contribution in [1.82, 2.24) is 9.97 Å². The summed E-state index contributed by atoms with van der Waals surface area (Å²) in [6, 6.07) is 6.03. The Balaban J connectivity index is 1.96. The van der Waals surface area contributed by atoms with Crippen LogP contribution in [0.4, 0.5) is 5.82 Å². The first-order valence-electron chi connectivity index (χ1n) is 6.85. The quantitative estimate of drug-likeness (QED) is 0.770. The van der Waals surface area contributed by atoms with Crippen LogP contribution in [-0.2, 0) is 19.4 Å². The van der Waals surface area contributed by atoms with Crippen molar-refractivity contribution >= 4 is 27.4 Å². The molecule has 0 radical (unpaired) electrons. The molecule has 104 valence electrons. The molecule has 0 aromatic carbocycles. The number of nitrogens with one attached hydrogen (secondary N) is 1. The van der Waals surface area contributed by atoms with E-state index in [2.05, 4.69) is 35.2 Å². The summed E-state index contributed by atoms with van der Waals surface area (Å²) in [4.78, 5) is 11.6. The molecule has 3 heterocycles. The maximum Gasteiger partial charge on any atom is 0.138 e. The summed E-state index contributed by atoms with van der Waals surface area (Å²) in [7, 11) is 0. The average molecular weight is 287 g/mol. The highest BCUT2D eigenvalue weighted by molar-refractivity contribution is 7.18. The molecule has 0 spiro atoms. The molecule has 0 aliphatic heterocycles. The number of nitrogens with zero attached hydrogens (tertiary/aromatic N) is 2. The third kappa shape index (κ3) is 2.54. The molecular formula is C15H17N3OS. The Kier molecular flexibility index (Phi) is 3.69. The molecule has 0 saturated carbocycles. The zero-order valence-corrected chi connectivity index (χ0v) is 12.5. The molecule has 0 aliphatic carbocycles. The van der Waals surface area contributed by atoms with Gasteiger partial charge in [0.2, 0.25) is 0 Å². The van der Waals surface area contributed by atoms with Gasteiger partial charge in [0.15, 0.2) is 0 Å². The summed E-state index contributed by atoms with van der Waals surface area (Å²) in [6.45, 7) is 4.88. The van der Waals surface area contributed by atoms with E-state index in [0.29, 0.717) is 6.54 Å². The van der Waals surface area contributed by atoms with Crippen LogP contribution in [-0.4, -0.2) is 9.97 Å². The molecule has 0 atom stereocenters. The number of aryl methyl sites for hydroxylation is 2. The molecule has 0 saturated heterocycles. The smallest absolute Gasteiger partial charge is 0.138 e. The highest BCUT2D eigenvalue weighted by atomic mass is 32.1. The molecule has 1 N–H and O–H groups in total. The van der Waals surface area contributed by atoms with Gasteiger partial charge in [-0.25, -0.2) is 9.97 Å². The Bertz CT molecular complexity index is 703. The van der Waals surface area contributed by atoms with Gasteiger partial charge in [-0.05, 0) is 24.6 Å². The van der Waals surface area contributed by atoms with Crippen molar-refractivity contribution in [3.8, 4) is 0 Å². The SMILES string of the molecule is CCc1nc(NCc2ccco2)c2cc(CC)sc2n1. The van der Waals surface area contributed by atoms with Crippen molar-refractivity contribution in [2.45, 2.75) is 33.2 Å². The Hall–Kier alpha value is -1.88. The number of fused-ring (bicyclic) bond motifs is 1. The first kappa shape index (κ1) is 13.1. The van der Waals surface area contributed by atoms with Crippen LogP contribution in [0.1, 0.15) is 30.3 Å². The van der Waals surface area contributed by atoms with Gasteiger partial charge in [-0.1, -0.05) is 13.8 Å². The Morgan fingerprint density at radius 3 is 2.85 bits per heavy atom. The van der Waals surface area contributed by atoms with Crippen molar-refractivity contribution in [2.75, 3.05) is 5.32 Å². The normalized spacial score (nSPS) is 11.1. The highest BCUT2D eigenvalue weighted by Gasteiger charge is 2.11. The number of rotatable bonds is 5. The van der Waals surface area contributed by atoms with Gasteiger partial charge < -0.3 is 9.73 Å². The van der Waals surface area contributed by atoms with Gasteiger partial charge >= 0.3 is 0 Å². The van der Waals surface area contributed by atoms with E-state index in [1.54, 1.807) is 17.6 Å². The van der Waals surface area contributed by atoms with Crippen molar-refractivity contribution < 1.29 is 4.42 Å². The molecule has 3 rings (SSSR count). The minimum atomic E-state index is 0.638. The Morgan fingerprint density at radius 2 is 2.15 bits per heavy atom. The van der Waals surface area contributed by atoms with E-state index in [1.807, 2.05) is 12.1 Å². The Morgan fingerprint density at radius 1 is 1.25 bits per heavy atom. The molecule has 0 unspecified atom stereocenters. The minimum absolute atomic E-state index is 0.638.